The summed E-state index contributed by atoms with van der Waals surface area (Å²) in [6, 6.07) is 13.2. The van der Waals surface area contributed by atoms with Gasteiger partial charge in [-0.25, -0.2) is 9.69 Å². The number of benzene rings is 2. The van der Waals surface area contributed by atoms with Gasteiger partial charge in [0.05, 0.1) is 22.2 Å². The van der Waals surface area contributed by atoms with Crippen molar-refractivity contribution in [1.82, 2.24) is 5.32 Å². The Bertz CT molecular complexity index is 1190. The van der Waals surface area contributed by atoms with E-state index in [1.165, 1.54) is 7.05 Å². The number of thioether (sulfide) groups is 1. The summed E-state index contributed by atoms with van der Waals surface area (Å²) in [6.07, 6.45) is 0. The number of anilines is 1. The molecule has 0 spiro atoms. The maximum Gasteiger partial charge on any atom is 0.342 e. The number of nitrogens with two attached hydrogens (primary N) is 1. The van der Waals surface area contributed by atoms with Crippen LogP contribution >= 0.6 is 11.8 Å². The summed E-state index contributed by atoms with van der Waals surface area (Å²) < 4.78 is 5.40. The highest BCUT2D eigenvalue weighted by molar-refractivity contribution is 8.04. The molecule has 5 rings (SSSR count). The SMILES string of the molecule is CNC(=O)c1ccc(N2C(=O)[C@@H]3[C@H](SC(N)=C4C(=O)Oc5ccccc5[C@@H]43)C2=O)cc1. The molecule has 2 aromatic carbocycles. The first-order valence-electron chi connectivity index (χ1n) is 9.59. The van der Waals surface area contributed by atoms with Gasteiger partial charge < -0.3 is 15.8 Å². The topological polar surface area (TPSA) is 119 Å². The van der Waals surface area contributed by atoms with E-state index in [2.05, 4.69) is 5.32 Å². The molecule has 3 aliphatic heterocycles. The molecule has 31 heavy (non-hydrogen) atoms. The summed E-state index contributed by atoms with van der Waals surface area (Å²) in [5.74, 6) is -2.74. The third kappa shape index (κ3) is 2.77. The van der Waals surface area contributed by atoms with Crippen molar-refractivity contribution in [3.05, 3.63) is 70.3 Å². The highest BCUT2D eigenvalue weighted by Gasteiger charge is 2.58. The van der Waals surface area contributed by atoms with E-state index in [-0.39, 0.29) is 16.5 Å². The van der Waals surface area contributed by atoms with E-state index in [4.69, 9.17) is 10.5 Å². The van der Waals surface area contributed by atoms with Crippen molar-refractivity contribution < 1.29 is 23.9 Å². The largest absolute Gasteiger partial charge is 0.423 e. The van der Waals surface area contributed by atoms with Crippen molar-refractivity contribution in [3.63, 3.8) is 0 Å². The Morgan fingerprint density at radius 2 is 1.77 bits per heavy atom. The van der Waals surface area contributed by atoms with Gasteiger partial charge in [-0.1, -0.05) is 30.0 Å². The number of imide groups is 1. The molecule has 0 saturated carbocycles. The minimum atomic E-state index is -0.785. The van der Waals surface area contributed by atoms with Gasteiger partial charge in [-0.2, -0.15) is 0 Å². The van der Waals surface area contributed by atoms with E-state index < -0.39 is 34.9 Å². The highest BCUT2D eigenvalue weighted by atomic mass is 32.2. The Balaban J connectivity index is 1.58. The molecule has 8 nitrogen and oxygen atoms in total. The number of hydrogen-bond acceptors (Lipinski definition) is 7. The van der Waals surface area contributed by atoms with Gasteiger partial charge in [0, 0.05) is 24.1 Å². The molecule has 2 aromatic rings. The molecule has 3 amide bonds. The van der Waals surface area contributed by atoms with Crippen LogP contribution in [0.4, 0.5) is 5.69 Å². The Labute approximate surface area is 181 Å². The quantitative estimate of drug-likeness (QED) is 0.417. The van der Waals surface area contributed by atoms with E-state index >= 15 is 0 Å². The summed E-state index contributed by atoms with van der Waals surface area (Å²) in [5.41, 5.74) is 7.83. The molecular formula is C22H17N3O5S. The fourth-order valence-corrected chi connectivity index (χ4v) is 5.60. The van der Waals surface area contributed by atoms with E-state index in [1.807, 2.05) is 0 Å². The van der Waals surface area contributed by atoms with Gasteiger partial charge in [-0.15, -0.1) is 0 Å². The average molecular weight is 435 g/mol. The van der Waals surface area contributed by atoms with E-state index in [1.54, 1.807) is 48.5 Å². The molecule has 1 fully saturated rings. The molecule has 0 aromatic heterocycles. The third-order valence-corrected chi connectivity index (χ3v) is 7.00. The van der Waals surface area contributed by atoms with Gasteiger partial charge in [0.15, 0.2) is 0 Å². The normalized spacial score (nSPS) is 24.4. The zero-order valence-electron chi connectivity index (χ0n) is 16.3. The number of rotatable bonds is 2. The molecular weight excluding hydrogens is 418 g/mol. The van der Waals surface area contributed by atoms with E-state index in [9.17, 15) is 19.2 Å². The van der Waals surface area contributed by atoms with Gasteiger partial charge in [0.1, 0.15) is 11.0 Å². The van der Waals surface area contributed by atoms with Gasteiger partial charge in [-0.3, -0.25) is 14.4 Å². The van der Waals surface area contributed by atoms with Crippen LogP contribution in [0.3, 0.4) is 0 Å². The lowest BCUT2D eigenvalue weighted by atomic mass is 9.77. The van der Waals surface area contributed by atoms with Crippen molar-refractivity contribution in [2.45, 2.75) is 11.2 Å². The standard InChI is InChI=1S/C22H17N3O5S/c1-24-19(26)10-6-8-11(9-7-10)25-20(27)15-14-12-4-2-3-5-13(12)30-22(29)16(14)18(23)31-17(15)21(25)28/h2-9,14-15,17H,23H2,1H3,(H,24,26)/t14-,15+,17+/m1/s1. The lowest BCUT2D eigenvalue weighted by Crippen LogP contribution is -2.39. The van der Waals surface area contributed by atoms with Gasteiger partial charge in [0.2, 0.25) is 11.8 Å². The van der Waals surface area contributed by atoms with Crippen molar-refractivity contribution in [2.24, 2.45) is 11.7 Å². The smallest absolute Gasteiger partial charge is 0.342 e. The molecule has 0 unspecified atom stereocenters. The van der Waals surface area contributed by atoms with Crippen LogP contribution in [0, 0.1) is 5.92 Å². The van der Waals surface area contributed by atoms with Crippen LogP contribution in [0.1, 0.15) is 21.8 Å². The van der Waals surface area contributed by atoms with Gasteiger partial charge in [0.25, 0.3) is 5.91 Å². The molecule has 3 heterocycles. The lowest BCUT2D eigenvalue weighted by Gasteiger charge is -2.36. The summed E-state index contributed by atoms with van der Waals surface area (Å²) in [5, 5.41) is 1.97. The second-order valence-corrected chi connectivity index (χ2v) is 8.57. The zero-order valence-corrected chi connectivity index (χ0v) is 17.1. The predicted octanol–water partition coefficient (Wildman–Crippen LogP) is 1.52. The average Bonchev–Trinajstić information content (AvgIpc) is 3.02. The summed E-state index contributed by atoms with van der Waals surface area (Å²) >= 11 is 1.02. The second-order valence-electron chi connectivity index (χ2n) is 7.39. The molecule has 3 atom stereocenters. The number of carbonyl (C=O) groups excluding carboxylic acids is 4. The van der Waals surface area contributed by atoms with Crippen LogP contribution in [0.15, 0.2) is 59.1 Å². The maximum absolute atomic E-state index is 13.5. The number of esters is 1. The first kappa shape index (κ1) is 19.4. The third-order valence-electron chi connectivity index (χ3n) is 5.78. The first-order chi connectivity index (χ1) is 14.9. The number of fused-ring (bicyclic) bond motifs is 5. The number of para-hydroxylation sites is 1. The number of amides is 3. The first-order valence-corrected chi connectivity index (χ1v) is 10.5. The molecule has 3 aliphatic rings. The molecule has 3 N–H and O–H groups in total. The molecule has 0 aliphatic carbocycles. The van der Waals surface area contributed by atoms with Crippen LogP contribution in [0.25, 0.3) is 0 Å². The highest BCUT2D eigenvalue weighted by Crippen LogP contribution is 2.54. The zero-order chi connectivity index (χ0) is 21.9. The maximum atomic E-state index is 13.5. The van der Waals surface area contributed by atoms with Gasteiger partial charge >= 0.3 is 5.97 Å². The second kappa shape index (κ2) is 6.98. The number of carbonyl (C=O) groups is 4. The molecule has 156 valence electrons. The van der Waals surface area contributed by atoms with Crippen LogP contribution in [-0.2, 0) is 14.4 Å². The van der Waals surface area contributed by atoms with E-state index in [0.29, 0.717) is 22.6 Å². The minimum Gasteiger partial charge on any atom is -0.423 e. The van der Waals surface area contributed by atoms with Crippen molar-refractivity contribution in [1.29, 1.82) is 0 Å². The molecule has 9 heteroatoms. The van der Waals surface area contributed by atoms with Crippen LogP contribution < -0.4 is 20.7 Å². The summed E-state index contributed by atoms with van der Waals surface area (Å²) in [6.45, 7) is 0. The fourth-order valence-electron chi connectivity index (χ4n) is 4.36. The Hall–Kier alpha value is -3.59. The minimum absolute atomic E-state index is 0.198. The Kier molecular flexibility index (Phi) is 4.37. The van der Waals surface area contributed by atoms with Gasteiger partial charge in [-0.05, 0) is 30.3 Å². The fraction of sp³-hybridized carbons (Fsp3) is 0.182. The van der Waals surface area contributed by atoms with Crippen molar-refractivity contribution in [3.8, 4) is 5.75 Å². The predicted molar refractivity (Wildman–Crippen MR) is 113 cm³/mol. The van der Waals surface area contributed by atoms with Crippen LogP contribution in [0.2, 0.25) is 0 Å². The van der Waals surface area contributed by atoms with Crippen molar-refractivity contribution in [2.75, 3.05) is 11.9 Å². The van der Waals surface area contributed by atoms with Crippen LogP contribution in [-0.4, -0.2) is 36.0 Å². The number of nitrogens with zero attached hydrogens (tertiary/aromatic N) is 1. The van der Waals surface area contributed by atoms with E-state index in [0.717, 1.165) is 16.7 Å². The Morgan fingerprint density at radius 3 is 2.48 bits per heavy atom. The van der Waals surface area contributed by atoms with Crippen molar-refractivity contribution >= 4 is 41.1 Å². The number of nitrogens with one attached hydrogen (secondary N) is 1. The number of ether oxygens (including phenoxy) is 1. The monoisotopic (exact) mass is 435 g/mol. The summed E-state index contributed by atoms with van der Waals surface area (Å²) in [7, 11) is 1.52. The number of hydrogen-bond donors (Lipinski definition) is 2. The molecule has 0 bridgehead atoms. The molecule has 1 saturated heterocycles. The molecule has 0 radical (unpaired) electrons. The Morgan fingerprint density at radius 1 is 1.06 bits per heavy atom. The lowest BCUT2D eigenvalue weighted by molar-refractivity contribution is -0.131. The summed E-state index contributed by atoms with van der Waals surface area (Å²) in [4.78, 5) is 52.3. The van der Waals surface area contributed by atoms with Crippen LogP contribution in [0.5, 0.6) is 5.75 Å².